The maximum Gasteiger partial charge on any atom is 0.325 e. The predicted octanol–water partition coefficient (Wildman–Crippen LogP) is 1.14. The van der Waals surface area contributed by atoms with E-state index in [4.69, 9.17) is 10.2 Å². The summed E-state index contributed by atoms with van der Waals surface area (Å²) in [6, 6.07) is 6.07. The zero-order valence-electron chi connectivity index (χ0n) is 9.75. The lowest BCUT2D eigenvalue weighted by Gasteiger charge is -2.23. The van der Waals surface area contributed by atoms with Crippen molar-refractivity contribution in [3.8, 4) is 0 Å². The molecule has 0 saturated heterocycles. The Morgan fingerprint density at radius 1 is 1.24 bits per heavy atom. The Labute approximate surface area is 99.3 Å². The highest BCUT2D eigenvalue weighted by Gasteiger charge is 2.25. The molecule has 0 radical (unpaired) electrons. The van der Waals surface area contributed by atoms with Crippen LogP contribution in [0.25, 0.3) is 0 Å². The summed E-state index contributed by atoms with van der Waals surface area (Å²) in [6.45, 7) is 1.59. The molecular weight excluding hydrogens is 222 g/mol. The molecule has 0 amide bonds. The van der Waals surface area contributed by atoms with E-state index in [-0.39, 0.29) is 6.54 Å². The van der Waals surface area contributed by atoms with E-state index < -0.39 is 18.0 Å². The number of carboxylic acids is 2. The summed E-state index contributed by atoms with van der Waals surface area (Å²) in [7, 11) is 1.48. The van der Waals surface area contributed by atoms with Gasteiger partial charge in [-0.15, -0.1) is 0 Å². The van der Waals surface area contributed by atoms with Crippen LogP contribution in [0.3, 0.4) is 0 Å². The highest BCUT2D eigenvalue weighted by Crippen LogP contribution is 2.19. The Hall–Kier alpha value is -1.88. The minimum Gasteiger partial charge on any atom is -0.480 e. The van der Waals surface area contributed by atoms with E-state index >= 15 is 0 Å². The van der Waals surface area contributed by atoms with Crippen LogP contribution in [0, 0.1) is 6.92 Å². The minimum atomic E-state index is -1.06. The second-order valence-corrected chi connectivity index (χ2v) is 3.96. The van der Waals surface area contributed by atoms with Crippen molar-refractivity contribution in [3.05, 3.63) is 35.4 Å². The number of carbonyl (C=O) groups is 2. The fraction of sp³-hybridized carbons (Fsp3) is 0.333. The Morgan fingerprint density at radius 2 is 1.76 bits per heavy atom. The van der Waals surface area contributed by atoms with Gasteiger partial charge in [0.25, 0.3) is 0 Å². The van der Waals surface area contributed by atoms with Crippen LogP contribution in [0.1, 0.15) is 17.2 Å². The van der Waals surface area contributed by atoms with Gasteiger partial charge in [-0.05, 0) is 19.5 Å². The van der Waals surface area contributed by atoms with Crippen molar-refractivity contribution in [1.29, 1.82) is 0 Å². The first-order valence-corrected chi connectivity index (χ1v) is 5.13. The van der Waals surface area contributed by atoms with Crippen molar-refractivity contribution in [2.75, 3.05) is 13.6 Å². The molecule has 0 bridgehead atoms. The van der Waals surface area contributed by atoms with Crippen LogP contribution in [0.15, 0.2) is 24.3 Å². The Bertz CT molecular complexity index is 413. The minimum absolute atomic E-state index is 0.315. The summed E-state index contributed by atoms with van der Waals surface area (Å²) in [5.41, 5.74) is 1.60. The van der Waals surface area contributed by atoms with Crippen molar-refractivity contribution in [1.82, 2.24) is 4.90 Å². The molecule has 0 spiro atoms. The average Bonchev–Trinajstić information content (AvgIpc) is 2.19. The molecular formula is C12H15NO4. The lowest BCUT2D eigenvalue weighted by molar-refractivity contribution is -0.145. The van der Waals surface area contributed by atoms with E-state index in [2.05, 4.69) is 0 Å². The number of hydrogen-bond acceptors (Lipinski definition) is 3. The molecule has 0 fully saturated rings. The molecule has 0 aliphatic carbocycles. The van der Waals surface area contributed by atoms with Crippen LogP contribution >= 0.6 is 0 Å². The molecule has 17 heavy (non-hydrogen) atoms. The van der Waals surface area contributed by atoms with Crippen molar-refractivity contribution < 1.29 is 19.8 Å². The number of rotatable bonds is 5. The van der Waals surface area contributed by atoms with Crippen LogP contribution in [0.5, 0.6) is 0 Å². The summed E-state index contributed by atoms with van der Waals surface area (Å²) < 4.78 is 0. The first kappa shape index (κ1) is 13.2. The van der Waals surface area contributed by atoms with Gasteiger partial charge in [0.1, 0.15) is 6.04 Å². The van der Waals surface area contributed by atoms with E-state index in [0.29, 0.717) is 5.56 Å². The van der Waals surface area contributed by atoms with Crippen molar-refractivity contribution in [2.45, 2.75) is 13.0 Å². The number of nitrogens with zero attached hydrogens (tertiary/aromatic N) is 1. The van der Waals surface area contributed by atoms with Crippen LogP contribution < -0.4 is 0 Å². The number of carboxylic acid groups (broad SMARTS) is 2. The first-order chi connectivity index (χ1) is 7.91. The molecule has 2 N–H and O–H groups in total. The van der Waals surface area contributed by atoms with Gasteiger partial charge in [-0.2, -0.15) is 0 Å². The molecule has 5 nitrogen and oxygen atoms in total. The van der Waals surface area contributed by atoms with E-state index in [9.17, 15) is 9.59 Å². The topological polar surface area (TPSA) is 77.8 Å². The van der Waals surface area contributed by atoms with E-state index in [1.54, 1.807) is 24.3 Å². The normalized spacial score (nSPS) is 12.4. The molecule has 0 saturated carbocycles. The Balaban J connectivity index is 2.96. The van der Waals surface area contributed by atoms with Crippen molar-refractivity contribution in [2.24, 2.45) is 0 Å². The van der Waals surface area contributed by atoms with Crippen LogP contribution in [-0.4, -0.2) is 40.6 Å². The number of hydrogen-bond donors (Lipinski definition) is 2. The highest BCUT2D eigenvalue weighted by atomic mass is 16.4. The second kappa shape index (κ2) is 5.45. The summed E-state index contributed by atoms with van der Waals surface area (Å²) in [5.74, 6) is -2.11. The fourth-order valence-corrected chi connectivity index (χ4v) is 1.64. The average molecular weight is 237 g/mol. The van der Waals surface area contributed by atoms with Crippen LogP contribution in [0.4, 0.5) is 0 Å². The number of aryl methyl sites for hydroxylation is 1. The zero-order valence-corrected chi connectivity index (χ0v) is 9.75. The Kier molecular flexibility index (Phi) is 4.23. The molecule has 0 aliphatic heterocycles. The molecule has 1 atom stereocenters. The molecule has 1 aromatic carbocycles. The summed E-state index contributed by atoms with van der Waals surface area (Å²) in [6.07, 6.45) is 0. The van der Waals surface area contributed by atoms with Gasteiger partial charge in [-0.25, -0.2) is 0 Å². The van der Waals surface area contributed by atoms with E-state index in [1.165, 1.54) is 11.9 Å². The molecule has 1 rings (SSSR count). The first-order valence-electron chi connectivity index (χ1n) is 5.13. The summed E-state index contributed by atoms with van der Waals surface area (Å²) in [4.78, 5) is 23.0. The maximum absolute atomic E-state index is 11.2. The third kappa shape index (κ3) is 3.57. The lowest BCUT2D eigenvalue weighted by atomic mass is 10.0. The molecule has 5 heteroatoms. The standard InChI is InChI=1S/C12H15NO4/c1-8-3-5-9(6-4-8)11(12(16)17)13(2)7-10(14)15/h3-6,11H,7H2,1-2H3,(H,14,15)(H,16,17). The number of likely N-dealkylation sites (N-methyl/N-ethyl adjacent to an activating group) is 1. The van der Waals surface area contributed by atoms with Gasteiger partial charge in [0, 0.05) is 0 Å². The van der Waals surface area contributed by atoms with E-state index in [0.717, 1.165) is 5.56 Å². The number of benzene rings is 1. The zero-order chi connectivity index (χ0) is 13.0. The largest absolute Gasteiger partial charge is 0.480 e. The maximum atomic E-state index is 11.2. The molecule has 0 aliphatic rings. The van der Waals surface area contributed by atoms with Gasteiger partial charge in [-0.3, -0.25) is 14.5 Å². The molecule has 0 heterocycles. The summed E-state index contributed by atoms with van der Waals surface area (Å²) >= 11 is 0. The van der Waals surface area contributed by atoms with Crippen LogP contribution in [0.2, 0.25) is 0 Å². The third-order valence-electron chi connectivity index (χ3n) is 2.45. The van der Waals surface area contributed by atoms with Gasteiger partial charge in [0.05, 0.1) is 6.54 Å². The van der Waals surface area contributed by atoms with Gasteiger partial charge >= 0.3 is 11.9 Å². The highest BCUT2D eigenvalue weighted by molar-refractivity contribution is 5.77. The molecule has 0 aromatic heterocycles. The summed E-state index contributed by atoms with van der Waals surface area (Å²) in [5, 5.41) is 17.8. The van der Waals surface area contributed by atoms with Gasteiger partial charge < -0.3 is 10.2 Å². The van der Waals surface area contributed by atoms with Gasteiger partial charge in [0.15, 0.2) is 0 Å². The number of aliphatic carboxylic acids is 2. The van der Waals surface area contributed by atoms with E-state index in [1.807, 2.05) is 6.92 Å². The Morgan fingerprint density at radius 3 is 2.18 bits per heavy atom. The third-order valence-corrected chi connectivity index (χ3v) is 2.45. The smallest absolute Gasteiger partial charge is 0.325 e. The molecule has 92 valence electrons. The van der Waals surface area contributed by atoms with Crippen molar-refractivity contribution >= 4 is 11.9 Å². The van der Waals surface area contributed by atoms with Crippen LogP contribution in [-0.2, 0) is 9.59 Å². The predicted molar refractivity (Wildman–Crippen MR) is 61.8 cm³/mol. The van der Waals surface area contributed by atoms with Gasteiger partial charge in [0.2, 0.25) is 0 Å². The second-order valence-electron chi connectivity index (χ2n) is 3.96. The van der Waals surface area contributed by atoms with Gasteiger partial charge in [-0.1, -0.05) is 29.8 Å². The quantitative estimate of drug-likeness (QED) is 0.802. The monoisotopic (exact) mass is 237 g/mol. The fourth-order valence-electron chi connectivity index (χ4n) is 1.64. The molecule has 1 unspecified atom stereocenters. The molecule has 1 aromatic rings. The lowest BCUT2D eigenvalue weighted by Crippen LogP contribution is -2.34. The SMILES string of the molecule is Cc1ccc(C(C(=O)O)N(C)CC(=O)O)cc1. The van der Waals surface area contributed by atoms with Crippen molar-refractivity contribution in [3.63, 3.8) is 0 Å².